The largest absolute Gasteiger partial charge is 0.356 e. The number of benzene rings is 1. The Labute approximate surface area is 121 Å². The Morgan fingerprint density at radius 3 is 2.53 bits per heavy atom. The molecule has 1 heterocycles. The molecule has 1 aromatic carbocycles. The van der Waals surface area contributed by atoms with Gasteiger partial charge in [0.2, 0.25) is 0 Å². The van der Waals surface area contributed by atoms with E-state index in [-0.39, 0.29) is 6.04 Å². The summed E-state index contributed by atoms with van der Waals surface area (Å²) >= 11 is 5.53. The van der Waals surface area contributed by atoms with Gasteiger partial charge in [0.1, 0.15) is 0 Å². The highest BCUT2D eigenvalue weighted by atomic mass is 32.1. The van der Waals surface area contributed by atoms with E-state index in [2.05, 4.69) is 48.3 Å². The van der Waals surface area contributed by atoms with Gasteiger partial charge in [0.25, 0.3) is 0 Å². The number of quaternary nitrogens is 1. The van der Waals surface area contributed by atoms with Gasteiger partial charge in [-0.2, -0.15) is 0 Å². The first-order valence-electron chi connectivity index (χ1n) is 7.14. The van der Waals surface area contributed by atoms with Crippen LogP contribution in [-0.4, -0.2) is 42.7 Å². The van der Waals surface area contributed by atoms with Gasteiger partial charge < -0.3 is 15.1 Å². The van der Waals surface area contributed by atoms with Gasteiger partial charge in [0.15, 0.2) is 5.11 Å². The maximum Gasteiger partial charge on any atom is 0.169 e. The molecule has 0 aromatic heterocycles. The Morgan fingerprint density at radius 1 is 1.32 bits per heavy atom. The SMILES string of the molecule is CC[NH+]1CCN(C(=S)N[C@H](C)c2ccccc2)CC1. The van der Waals surface area contributed by atoms with Gasteiger partial charge >= 0.3 is 0 Å². The highest BCUT2D eigenvalue weighted by molar-refractivity contribution is 7.80. The van der Waals surface area contributed by atoms with Crippen molar-refractivity contribution in [1.29, 1.82) is 0 Å². The van der Waals surface area contributed by atoms with Crippen molar-refractivity contribution in [3.63, 3.8) is 0 Å². The van der Waals surface area contributed by atoms with Crippen LogP contribution in [0.5, 0.6) is 0 Å². The summed E-state index contributed by atoms with van der Waals surface area (Å²) in [5, 5.41) is 4.34. The van der Waals surface area contributed by atoms with Crippen LogP contribution in [0.1, 0.15) is 25.5 Å². The van der Waals surface area contributed by atoms with E-state index in [1.54, 1.807) is 4.90 Å². The quantitative estimate of drug-likeness (QED) is 0.800. The zero-order valence-corrected chi connectivity index (χ0v) is 12.7. The van der Waals surface area contributed by atoms with Crippen LogP contribution >= 0.6 is 12.2 Å². The number of rotatable bonds is 3. The minimum absolute atomic E-state index is 0.269. The van der Waals surface area contributed by atoms with Gasteiger partial charge in [0, 0.05) is 0 Å². The Balaban J connectivity index is 1.84. The van der Waals surface area contributed by atoms with Crippen LogP contribution in [0.3, 0.4) is 0 Å². The van der Waals surface area contributed by atoms with Crippen LogP contribution in [0, 0.1) is 0 Å². The summed E-state index contributed by atoms with van der Waals surface area (Å²) in [5.41, 5.74) is 1.28. The van der Waals surface area contributed by atoms with Crippen LogP contribution in [0.25, 0.3) is 0 Å². The van der Waals surface area contributed by atoms with Crippen molar-refractivity contribution in [2.24, 2.45) is 0 Å². The van der Waals surface area contributed by atoms with Crippen LogP contribution in [0.2, 0.25) is 0 Å². The summed E-state index contributed by atoms with van der Waals surface area (Å²) < 4.78 is 0. The lowest BCUT2D eigenvalue weighted by atomic mass is 10.1. The average molecular weight is 278 g/mol. The normalized spacial score (nSPS) is 18.1. The molecular weight excluding hydrogens is 254 g/mol. The predicted molar refractivity (Wildman–Crippen MR) is 83.4 cm³/mol. The molecular formula is C15H24N3S+. The zero-order chi connectivity index (χ0) is 13.7. The van der Waals surface area contributed by atoms with Crippen LogP contribution < -0.4 is 10.2 Å². The first-order chi connectivity index (χ1) is 9.20. The minimum Gasteiger partial charge on any atom is -0.356 e. The van der Waals surface area contributed by atoms with Crippen LogP contribution in [-0.2, 0) is 0 Å². The molecule has 4 heteroatoms. The molecule has 0 amide bonds. The first kappa shape index (κ1) is 14.3. The summed E-state index contributed by atoms with van der Waals surface area (Å²) in [7, 11) is 0. The number of likely N-dealkylation sites (N-methyl/N-ethyl adjacent to an activating group) is 1. The topological polar surface area (TPSA) is 19.7 Å². The van der Waals surface area contributed by atoms with Gasteiger partial charge in [0.05, 0.1) is 38.8 Å². The molecule has 0 bridgehead atoms. The molecule has 3 nitrogen and oxygen atoms in total. The van der Waals surface area contributed by atoms with E-state index in [4.69, 9.17) is 12.2 Å². The highest BCUT2D eigenvalue weighted by Gasteiger charge is 2.21. The summed E-state index contributed by atoms with van der Waals surface area (Å²) in [6.07, 6.45) is 0. The van der Waals surface area contributed by atoms with Gasteiger partial charge in [-0.1, -0.05) is 30.3 Å². The molecule has 0 aliphatic carbocycles. The van der Waals surface area contributed by atoms with E-state index >= 15 is 0 Å². The van der Waals surface area contributed by atoms with Crippen LogP contribution in [0.4, 0.5) is 0 Å². The van der Waals surface area contributed by atoms with E-state index in [0.717, 1.165) is 18.2 Å². The average Bonchev–Trinajstić information content (AvgIpc) is 2.48. The highest BCUT2D eigenvalue weighted by Crippen LogP contribution is 2.11. The maximum atomic E-state index is 5.53. The Morgan fingerprint density at radius 2 is 1.95 bits per heavy atom. The molecule has 1 aliphatic heterocycles. The summed E-state index contributed by atoms with van der Waals surface area (Å²) in [6, 6.07) is 10.7. The third kappa shape index (κ3) is 3.91. The summed E-state index contributed by atoms with van der Waals surface area (Å²) in [5.74, 6) is 0. The second kappa shape index (κ2) is 6.87. The van der Waals surface area contributed by atoms with E-state index in [1.165, 1.54) is 25.2 Å². The molecule has 0 unspecified atom stereocenters. The molecule has 1 aromatic rings. The van der Waals surface area contributed by atoms with Crippen molar-refractivity contribution in [3.05, 3.63) is 35.9 Å². The number of nitrogens with one attached hydrogen (secondary N) is 2. The summed E-state index contributed by atoms with van der Waals surface area (Å²) in [6.45, 7) is 10.1. The van der Waals surface area contributed by atoms with Crippen molar-refractivity contribution in [1.82, 2.24) is 10.2 Å². The fraction of sp³-hybridized carbons (Fsp3) is 0.533. The molecule has 104 valence electrons. The first-order valence-corrected chi connectivity index (χ1v) is 7.55. The maximum absolute atomic E-state index is 5.53. The Bertz CT molecular complexity index is 399. The van der Waals surface area contributed by atoms with Gasteiger partial charge in [-0.25, -0.2) is 0 Å². The van der Waals surface area contributed by atoms with E-state index in [1.807, 2.05) is 6.07 Å². The van der Waals surface area contributed by atoms with Crippen LogP contribution in [0.15, 0.2) is 30.3 Å². The minimum atomic E-state index is 0.269. The fourth-order valence-corrected chi connectivity index (χ4v) is 2.84. The molecule has 0 spiro atoms. The molecule has 2 N–H and O–H groups in total. The van der Waals surface area contributed by atoms with Gasteiger partial charge in [-0.15, -0.1) is 0 Å². The van der Waals surface area contributed by atoms with Crippen molar-refractivity contribution < 1.29 is 4.90 Å². The number of hydrogen-bond donors (Lipinski definition) is 2. The molecule has 1 aliphatic rings. The lowest BCUT2D eigenvalue weighted by molar-refractivity contribution is -0.902. The van der Waals surface area contributed by atoms with Crippen molar-refractivity contribution in [2.45, 2.75) is 19.9 Å². The van der Waals surface area contributed by atoms with E-state index in [0.29, 0.717) is 0 Å². The third-order valence-corrected chi connectivity index (χ3v) is 4.27. The van der Waals surface area contributed by atoms with Crippen molar-refractivity contribution in [2.75, 3.05) is 32.7 Å². The molecule has 0 saturated carbocycles. The number of hydrogen-bond acceptors (Lipinski definition) is 1. The molecule has 2 rings (SSSR count). The monoisotopic (exact) mass is 278 g/mol. The smallest absolute Gasteiger partial charge is 0.169 e. The van der Waals surface area contributed by atoms with Crippen molar-refractivity contribution in [3.8, 4) is 0 Å². The zero-order valence-electron chi connectivity index (χ0n) is 11.9. The van der Waals surface area contributed by atoms with Gasteiger partial charge in [-0.05, 0) is 31.6 Å². The van der Waals surface area contributed by atoms with E-state index < -0.39 is 0 Å². The van der Waals surface area contributed by atoms with E-state index in [9.17, 15) is 0 Å². The Hall–Kier alpha value is -1.13. The molecule has 1 fully saturated rings. The molecule has 1 atom stereocenters. The fourth-order valence-electron chi connectivity index (χ4n) is 2.48. The lowest BCUT2D eigenvalue weighted by Crippen LogP contribution is -3.14. The number of thiocarbonyl (C=S) groups is 1. The second-order valence-electron chi connectivity index (χ2n) is 5.17. The molecule has 1 saturated heterocycles. The summed E-state index contributed by atoms with van der Waals surface area (Å²) in [4.78, 5) is 3.98. The predicted octanol–water partition coefficient (Wildman–Crippen LogP) is 0.843. The Kier molecular flexibility index (Phi) is 5.16. The van der Waals surface area contributed by atoms with Crippen molar-refractivity contribution >= 4 is 17.3 Å². The lowest BCUT2D eigenvalue weighted by Gasteiger charge is -2.34. The molecule has 0 radical (unpaired) electrons. The third-order valence-electron chi connectivity index (χ3n) is 3.90. The van der Waals surface area contributed by atoms with Gasteiger partial charge in [-0.3, -0.25) is 0 Å². The standard InChI is InChI=1S/C15H23N3S/c1-3-17-9-11-18(12-10-17)15(19)16-13(2)14-7-5-4-6-8-14/h4-8,13H,3,9-12H2,1-2H3,(H,16,19)/p+1/t13-/m1/s1. The number of piperazine rings is 1. The second-order valence-corrected chi connectivity index (χ2v) is 5.56. The molecule has 19 heavy (non-hydrogen) atoms. The number of nitrogens with zero attached hydrogens (tertiary/aromatic N) is 1.